The van der Waals surface area contributed by atoms with Crippen LogP contribution in [-0.2, 0) is 22.4 Å². The summed E-state index contributed by atoms with van der Waals surface area (Å²) >= 11 is 0. The summed E-state index contributed by atoms with van der Waals surface area (Å²) in [5.41, 5.74) is 2.06. The molecule has 0 aliphatic carbocycles. The zero-order valence-corrected chi connectivity index (χ0v) is 14.9. The van der Waals surface area contributed by atoms with E-state index in [4.69, 9.17) is 0 Å². The number of hydrogen-bond acceptors (Lipinski definition) is 3. The summed E-state index contributed by atoms with van der Waals surface area (Å²) in [5.74, 6) is 0.465. The van der Waals surface area contributed by atoms with Gasteiger partial charge in [0.1, 0.15) is 11.5 Å². The van der Waals surface area contributed by atoms with Crippen LogP contribution in [0.5, 0.6) is 5.75 Å². The van der Waals surface area contributed by atoms with Crippen molar-refractivity contribution in [3.63, 3.8) is 0 Å². The molecule has 1 aliphatic rings. The van der Waals surface area contributed by atoms with Gasteiger partial charge in [-0.1, -0.05) is 42.5 Å². The Hall–Kier alpha value is -2.62. The number of likely N-dealkylation sites (tertiary alicyclic amines) is 1. The molecule has 26 heavy (non-hydrogen) atoms. The third-order valence-electron chi connectivity index (χ3n) is 5.02. The van der Waals surface area contributed by atoms with Gasteiger partial charge in [0.2, 0.25) is 5.91 Å². The minimum atomic E-state index is -0.0452. The van der Waals surface area contributed by atoms with E-state index in [0.717, 1.165) is 31.4 Å². The second kappa shape index (κ2) is 8.65. The van der Waals surface area contributed by atoms with Crippen molar-refractivity contribution in [2.24, 2.45) is 5.92 Å². The van der Waals surface area contributed by atoms with E-state index in [1.807, 2.05) is 35.2 Å². The van der Waals surface area contributed by atoms with Gasteiger partial charge in [-0.3, -0.25) is 9.59 Å². The van der Waals surface area contributed by atoms with E-state index in [9.17, 15) is 14.7 Å². The van der Waals surface area contributed by atoms with E-state index in [-0.39, 0.29) is 23.4 Å². The third kappa shape index (κ3) is 4.94. The van der Waals surface area contributed by atoms with Crippen molar-refractivity contribution in [2.45, 2.75) is 32.1 Å². The van der Waals surface area contributed by atoms with Crippen molar-refractivity contribution in [1.29, 1.82) is 0 Å². The lowest BCUT2D eigenvalue weighted by molar-refractivity contribution is -0.134. The highest BCUT2D eigenvalue weighted by Crippen LogP contribution is 2.21. The fourth-order valence-corrected chi connectivity index (χ4v) is 3.48. The maximum Gasteiger partial charge on any atom is 0.227 e. The van der Waals surface area contributed by atoms with Crippen LogP contribution in [0.2, 0.25) is 0 Å². The molecule has 2 aromatic rings. The summed E-state index contributed by atoms with van der Waals surface area (Å²) in [6.45, 7) is 1.25. The third-order valence-corrected chi connectivity index (χ3v) is 5.02. The van der Waals surface area contributed by atoms with Crippen LogP contribution in [0.15, 0.2) is 54.6 Å². The highest BCUT2D eigenvalue weighted by molar-refractivity contribution is 5.83. The van der Waals surface area contributed by atoms with Crippen molar-refractivity contribution in [3.8, 4) is 5.75 Å². The first kappa shape index (κ1) is 18.2. The maximum absolute atomic E-state index is 12.6. The van der Waals surface area contributed by atoms with Gasteiger partial charge < -0.3 is 10.0 Å². The van der Waals surface area contributed by atoms with E-state index < -0.39 is 0 Å². The zero-order valence-electron chi connectivity index (χ0n) is 14.9. The summed E-state index contributed by atoms with van der Waals surface area (Å²) in [5, 5.41) is 9.34. The Bertz CT molecular complexity index is 740. The Morgan fingerprint density at radius 1 is 1.00 bits per heavy atom. The molecular formula is C22H25NO3. The molecule has 1 amide bonds. The van der Waals surface area contributed by atoms with Crippen LogP contribution in [0.4, 0.5) is 0 Å². The number of aromatic hydroxyl groups is 1. The average molecular weight is 351 g/mol. The van der Waals surface area contributed by atoms with Crippen LogP contribution in [0, 0.1) is 5.92 Å². The van der Waals surface area contributed by atoms with Gasteiger partial charge in [-0.05, 0) is 42.5 Å². The Morgan fingerprint density at radius 3 is 2.46 bits per heavy atom. The first-order chi connectivity index (χ1) is 12.6. The van der Waals surface area contributed by atoms with Crippen molar-refractivity contribution in [3.05, 3.63) is 65.7 Å². The number of ketones is 1. The van der Waals surface area contributed by atoms with Crippen molar-refractivity contribution < 1.29 is 14.7 Å². The van der Waals surface area contributed by atoms with Crippen LogP contribution in [0.3, 0.4) is 0 Å². The predicted octanol–water partition coefficient (Wildman–Crippen LogP) is 3.38. The topological polar surface area (TPSA) is 57.6 Å². The first-order valence-corrected chi connectivity index (χ1v) is 9.24. The van der Waals surface area contributed by atoms with Crippen molar-refractivity contribution >= 4 is 11.7 Å². The SMILES string of the molecule is O=C(CCc1ccccc1)[C@H]1CCCN(C(=O)Cc2ccc(O)cc2)C1. The molecule has 4 nitrogen and oxygen atoms in total. The van der Waals surface area contributed by atoms with Gasteiger partial charge >= 0.3 is 0 Å². The summed E-state index contributed by atoms with van der Waals surface area (Å²) < 4.78 is 0. The smallest absolute Gasteiger partial charge is 0.227 e. The number of carbonyl (C=O) groups excluding carboxylic acids is 2. The van der Waals surface area contributed by atoms with Gasteiger partial charge in [0.05, 0.1) is 6.42 Å². The maximum atomic E-state index is 12.6. The fraction of sp³-hybridized carbons (Fsp3) is 0.364. The standard InChI is InChI=1S/C22H25NO3/c24-20-11-8-18(9-12-20)15-22(26)23-14-4-7-19(16-23)21(25)13-10-17-5-2-1-3-6-17/h1-3,5-6,8-9,11-12,19,24H,4,7,10,13-16H2/t19-/m0/s1. The van der Waals surface area contributed by atoms with Crippen LogP contribution in [0.1, 0.15) is 30.4 Å². The summed E-state index contributed by atoms with van der Waals surface area (Å²) in [4.78, 5) is 26.9. The van der Waals surface area contributed by atoms with Crippen molar-refractivity contribution in [2.75, 3.05) is 13.1 Å². The number of phenolic OH excluding ortho intramolecular Hbond substituents is 1. The Balaban J connectivity index is 1.52. The Labute approximate surface area is 154 Å². The molecule has 1 heterocycles. The number of Topliss-reactive ketones (excluding diaryl/α,β-unsaturated/α-hetero) is 1. The highest BCUT2D eigenvalue weighted by Gasteiger charge is 2.27. The molecule has 136 valence electrons. The highest BCUT2D eigenvalue weighted by atomic mass is 16.3. The fourth-order valence-electron chi connectivity index (χ4n) is 3.48. The second-order valence-electron chi connectivity index (χ2n) is 6.97. The number of rotatable bonds is 6. The van der Waals surface area contributed by atoms with E-state index >= 15 is 0 Å². The predicted molar refractivity (Wildman–Crippen MR) is 101 cm³/mol. The van der Waals surface area contributed by atoms with Gasteiger partial charge in [-0.2, -0.15) is 0 Å². The number of piperidine rings is 1. The van der Waals surface area contributed by atoms with Gasteiger partial charge in [0, 0.05) is 25.4 Å². The number of carbonyl (C=O) groups is 2. The molecule has 0 spiro atoms. The summed E-state index contributed by atoms with van der Waals surface area (Å²) in [6.07, 6.45) is 3.36. The summed E-state index contributed by atoms with van der Waals surface area (Å²) in [7, 11) is 0. The van der Waals surface area contributed by atoms with Gasteiger partial charge in [-0.15, -0.1) is 0 Å². The van der Waals surface area contributed by atoms with Crippen LogP contribution < -0.4 is 0 Å². The number of hydrogen-bond donors (Lipinski definition) is 1. The molecule has 1 N–H and O–H groups in total. The molecule has 1 aliphatic heterocycles. The van der Waals surface area contributed by atoms with Gasteiger partial charge in [0.15, 0.2) is 0 Å². The molecule has 3 rings (SSSR count). The first-order valence-electron chi connectivity index (χ1n) is 9.24. The normalized spacial score (nSPS) is 17.1. The van der Waals surface area contributed by atoms with E-state index in [0.29, 0.717) is 19.4 Å². The minimum absolute atomic E-state index is 0.0452. The molecule has 1 atom stereocenters. The number of nitrogens with zero attached hydrogens (tertiary/aromatic N) is 1. The van der Waals surface area contributed by atoms with Crippen LogP contribution in [-0.4, -0.2) is 34.8 Å². The van der Waals surface area contributed by atoms with Gasteiger partial charge in [0.25, 0.3) is 0 Å². The molecule has 0 aromatic heterocycles. The van der Waals surface area contributed by atoms with E-state index in [1.54, 1.807) is 24.3 Å². The molecule has 0 unspecified atom stereocenters. The molecule has 4 heteroatoms. The van der Waals surface area contributed by atoms with Crippen LogP contribution >= 0.6 is 0 Å². The number of phenols is 1. The second-order valence-corrected chi connectivity index (χ2v) is 6.97. The van der Waals surface area contributed by atoms with E-state index in [1.165, 1.54) is 5.56 Å². The zero-order chi connectivity index (χ0) is 18.4. The largest absolute Gasteiger partial charge is 0.508 e. The van der Waals surface area contributed by atoms with Gasteiger partial charge in [-0.25, -0.2) is 0 Å². The lowest BCUT2D eigenvalue weighted by Crippen LogP contribution is -2.43. The number of aryl methyl sites for hydroxylation is 1. The lowest BCUT2D eigenvalue weighted by Gasteiger charge is -2.32. The Kier molecular flexibility index (Phi) is 6.05. The average Bonchev–Trinajstić information content (AvgIpc) is 2.69. The number of amides is 1. The molecular weight excluding hydrogens is 326 g/mol. The molecule has 0 radical (unpaired) electrons. The van der Waals surface area contributed by atoms with Crippen LogP contribution in [0.25, 0.3) is 0 Å². The minimum Gasteiger partial charge on any atom is -0.508 e. The Morgan fingerprint density at radius 2 is 1.73 bits per heavy atom. The lowest BCUT2D eigenvalue weighted by atomic mass is 9.90. The van der Waals surface area contributed by atoms with Crippen molar-refractivity contribution in [1.82, 2.24) is 4.90 Å². The molecule has 0 saturated carbocycles. The monoisotopic (exact) mass is 351 g/mol. The van der Waals surface area contributed by atoms with E-state index in [2.05, 4.69) is 0 Å². The molecule has 1 saturated heterocycles. The molecule has 0 bridgehead atoms. The molecule has 1 fully saturated rings. The molecule has 2 aromatic carbocycles. The number of benzene rings is 2. The summed E-state index contributed by atoms with van der Waals surface area (Å²) in [6, 6.07) is 16.8. The quantitative estimate of drug-likeness (QED) is 0.868.